The number of aromatic nitrogens is 3. The van der Waals surface area contributed by atoms with Crippen molar-refractivity contribution in [2.45, 2.75) is 12.8 Å². The third-order valence-corrected chi connectivity index (χ3v) is 3.07. The maximum atomic E-state index is 5.64. The van der Waals surface area contributed by atoms with Gasteiger partial charge in [-0.1, -0.05) is 18.2 Å². The molecule has 20 heavy (non-hydrogen) atoms. The molecule has 104 valence electrons. The molecule has 0 saturated carbocycles. The summed E-state index contributed by atoms with van der Waals surface area (Å²) in [5, 5.41) is 0. The van der Waals surface area contributed by atoms with E-state index in [9.17, 15) is 0 Å². The van der Waals surface area contributed by atoms with Crippen molar-refractivity contribution in [3.63, 3.8) is 0 Å². The fourth-order valence-electron chi connectivity index (χ4n) is 2.11. The molecule has 0 bridgehead atoms. The molecule has 0 amide bonds. The lowest BCUT2D eigenvalue weighted by Gasteiger charge is -2.16. The Balaban J connectivity index is 1.87. The van der Waals surface area contributed by atoms with Gasteiger partial charge in [-0.2, -0.15) is 15.0 Å². The van der Waals surface area contributed by atoms with Gasteiger partial charge in [0.25, 0.3) is 0 Å². The van der Waals surface area contributed by atoms with Gasteiger partial charge in [-0.05, 0) is 25.0 Å². The Hall–Kier alpha value is -2.41. The van der Waals surface area contributed by atoms with Crippen LogP contribution in [-0.2, 0) is 0 Å². The maximum absolute atomic E-state index is 5.64. The van der Waals surface area contributed by atoms with Crippen LogP contribution in [0.4, 0.5) is 11.9 Å². The third-order valence-electron chi connectivity index (χ3n) is 3.07. The highest BCUT2D eigenvalue weighted by Crippen LogP contribution is 2.22. The third kappa shape index (κ3) is 2.77. The number of anilines is 2. The second kappa shape index (κ2) is 5.70. The number of para-hydroxylation sites is 1. The Morgan fingerprint density at radius 1 is 1.05 bits per heavy atom. The van der Waals surface area contributed by atoms with Crippen LogP contribution in [0.1, 0.15) is 12.8 Å². The number of hydrogen-bond donors (Lipinski definition) is 2. The standard InChI is InChI=1S/C13H16N6O/c14-18-11-15-12(19-8-4-5-9-19)17-13(16-11)20-10-6-2-1-3-7-10/h1-3,6-7H,4-5,8-9,14H2,(H,15,16,17,18). The fourth-order valence-corrected chi connectivity index (χ4v) is 2.11. The zero-order chi connectivity index (χ0) is 13.8. The number of ether oxygens (including phenoxy) is 1. The molecule has 2 heterocycles. The first kappa shape index (κ1) is 12.6. The van der Waals surface area contributed by atoms with Gasteiger partial charge in [0.1, 0.15) is 5.75 Å². The molecule has 7 heteroatoms. The van der Waals surface area contributed by atoms with Crippen LogP contribution < -0.4 is 20.9 Å². The number of hydrazine groups is 1. The molecule has 3 rings (SSSR count). The second-order valence-corrected chi connectivity index (χ2v) is 4.50. The minimum atomic E-state index is 0.237. The van der Waals surface area contributed by atoms with Crippen LogP contribution in [0.15, 0.2) is 30.3 Å². The summed E-state index contributed by atoms with van der Waals surface area (Å²) in [6.07, 6.45) is 2.29. The summed E-state index contributed by atoms with van der Waals surface area (Å²) < 4.78 is 5.64. The highest BCUT2D eigenvalue weighted by molar-refractivity contribution is 5.39. The maximum Gasteiger partial charge on any atom is 0.328 e. The zero-order valence-electron chi connectivity index (χ0n) is 11.0. The van der Waals surface area contributed by atoms with Crippen LogP contribution in [0, 0.1) is 0 Å². The number of nitrogen functional groups attached to an aromatic ring is 1. The van der Waals surface area contributed by atoms with E-state index in [0.29, 0.717) is 17.6 Å². The number of benzene rings is 1. The predicted molar refractivity (Wildman–Crippen MR) is 75.6 cm³/mol. The molecule has 1 fully saturated rings. The van der Waals surface area contributed by atoms with Crippen molar-refractivity contribution < 1.29 is 4.74 Å². The van der Waals surface area contributed by atoms with E-state index in [1.165, 1.54) is 0 Å². The lowest BCUT2D eigenvalue weighted by atomic mass is 10.3. The van der Waals surface area contributed by atoms with Crippen molar-refractivity contribution in [2.75, 3.05) is 23.4 Å². The van der Waals surface area contributed by atoms with Crippen molar-refractivity contribution in [3.05, 3.63) is 30.3 Å². The van der Waals surface area contributed by atoms with Gasteiger partial charge in [0, 0.05) is 13.1 Å². The second-order valence-electron chi connectivity index (χ2n) is 4.50. The average molecular weight is 272 g/mol. The molecule has 0 unspecified atom stereocenters. The van der Waals surface area contributed by atoms with Crippen LogP contribution >= 0.6 is 0 Å². The minimum Gasteiger partial charge on any atom is -0.424 e. The molecule has 7 nitrogen and oxygen atoms in total. The Morgan fingerprint density at radius 3 is 2.50 bits per heavy atom. The van der Waals surface area contributed by atoms with Crippen LogP contribution in [0.2, 0.25) is 0 Å². The van der Waals surface area contributed by atoms with E-state index in [2.05, 4.69) is 25.3 Å². The van der Waals surface area contributed by atoms with Crippen molar-refractivity contribution in [1.29, 1.82) is 0 Å². The van der Waals surface area contributed by atoms with Gasteiger partial charge in [-0.3, -0.25) is 5.43 Å². The molecule has 1 aliphatic heterocycles. The van der Waals surface area contributed by atoms with E-state index in [0.717, 1.165) is 25.9 Å². The summed E-state index contributed by atoms with van der Waals surface area (Å²) >= 11 is 0. The first-order valence-electron chi connectivity index (χ1n) is 6.56. The van der Waals surface area contributed by atoms with Gasteiger partial charge in [-0.15, -0.1) is 0 Å². The Bertz CT molecular complexity index is 570. The van der Waals surface area contributed by atoms with E-state index in [1.807, 2.05) is 30.3 Å². The van der Waals surface area contributed by atoms with Crippen LogP contribution in [-0.4, -0.2) is 28.0 Å². The molecule has 2 aromatic rings. The van der Waals surface area contributed by atoms with Crippen LogP contribution in [0.25, 0.3) is 0 Å². The number of nitrogens with two attached hydrogens (primary N) is 1. The largest absolute Gasteiger partial charge is 0.424 e. The molecular formula is C13H16N6O. The molecule has 0 spiro atoms. The molecular weight excluding hydrogens is 256 g/mol. The first-order chi connectivity index (χ1) is 9.85. The van der Waals surface area contributed by atoms with Crippen molar-refractivity contribution in [1.82, 2.24) is 15.0 Å². The normalized spacial score (nSPS) is 14.3. The van der Waals surface area contributed by atoms with Gasteiger partial charge in [-0.25, -0.2) is 5.84 Å². The first-order valence-corrected chi connectivity index (χ1v) is 6.56. The molecule has 1 saturated heterocycles. The topological polar surface area (TPSA) is 89.2 Å². The van der Waals surface area contributed by atoms with E-state index >= 15 is 0 Å². The van der Waals surface area contributed by atoms with Crippen LogP contribution in [0.5, 0.6) is 11.8 Å². The molecule has 1 aromatic heterocycles. The highest BCUT2D eigenvalue weighted by Gasteiger charge is 2.17. The zero-order valence-corrected chi connectivity index (χ0v) is 11.0. The molecule has 3 N–H and O–H groups in total. The molecule has 1 aromatic carbocycles. The van der Waals surface area contributed by atoms with Crippen molar-refractivity contribution in [3.8, 4) is 11.8 Å². The van der Waals surface area contributed by atoms with E-state index in [-0.39, 0.29) is 6.01 Å². The highest BCUT2D eigenvalue weighted by atomic mass is 16.5. The quantitative estimate of drug-likeness (QED) is 0.644. The predicted octanol–water partition coefficient (Wildman–Crippen LogP) is 1.55. The van der Waals surface area contributed by atoms with E-state index in [1.54, 1.807) is 0 Å². The summed E-state index contributed by atoms with van der Waals surface area (Å²) in [6, 6.07) is 9.62. The van der Waals surface area contributed by atoms with Crippen molar-refractivity contribution >= 4 is 11.9 Å². The van der Waals surface area contributed by atoms with Crippen molar-refractivity contribution in [2.24, 2.45) is 5.84 Å². The summed E-state index contributed by atoms with van der Waals surface area (Å²) in [5.74, 6) is 6.97. The number of rotatable bonds is 4. The molecule has 1 aliphatic rings. The molecule has 0 radical (unpaired) electrons. The number of nitrogens with one attached hydrogen (secondary N) is 1. The number of hydrogen-bond acceptors (Lipinski definition) is 7. The average Bonchev–Trinajstić information content (AvgIpc) is 3.02. The fraction of sp³-hybridized carbons (Fsp3) is 0.308. The number of nitrogens with zero attached hydrogens (tertiary/aromatic N) is 4. The van der Waals surface area contributed by atoms with Gasteiger partial charge in [0.05, 0.1) is 0 Å². The SMILES string of the molecule is NNc1nc(Oc2ccccc2)nc(N2CCCC2)n1. The van der Waals surface area contributed by atoms with Gasteiger partial charge in [0.2, 0.25) is 11.9 Å². The molecule has 0 atom stereocenters. The van der Waals surface area contributed by atoms with Gasteiger partial charge in [0.15, 0.2) is 0 Å². The smallest absolute Gasteiger partial charge is 0.328 e. The monoisotopic (exact) mass is 272 g/mol. The lowest BCUT2D eigenvalue weighted by molar-refractivity contribution is 0.440. The summed E-state index contributed by atoms with van der Waals surface area (Å²) in [7, 11) is 0. The summed E-state index contributed by atoms with van der Waals surface area (Å²) in [4.78, 5) is 14.8. The Labute approximate surface area is 116 Å². The van der Waals surface area contributed by atoms with E-state index in [4.69, 9.17) is 10.6 Å². The minimum absolute atomic E-state index is 0.237. The molecule has 0 aliphatic carbocycles. The Kier molecular flexibility index (Phi) is 3.60. The van der Waals surface area contributed by atoms with Gasteiger partial charge >= 0.3 is 6.01 Å². The summed E-state index contributed by atoms with van der Waals surface area (Å²) in [5.41, 5.74) is 2.45. The lowest BCUT2D eigenvalue weighted by Crippen LogP contribution is -2.22. The van der Waals surface area contributed by atoms with Gasteiger partial charge < -0.3 is 9.64 Å². The summed E-state index contributed by atoms with van der Waals surface area (Å²) in [6.45, 7) is 1.89. The van der Waals surface area contributed by atoms with E-state index < -0.39 is 0 Å². The van der Waals surface area contributed by atoms with Crippen LogP contribution in [0.3, 0.4) is 0 Å². The Morgan fingerprint density at radius 2 is 1.80 bits per heavy atom.